The van der Waals surface area contributed by atoms with Gasteiger partial charge in [0.1, 0.15) is 0 Å². The van der Waals surface area contributed by atoms with Crippen LogP contribution in [-0.2, 0) is 6.42 Å². The molecule has 2 aromatic rings. The van der Waals surface area contributed by atoms with Crippen molar-refractivity contribution in [1.82, 2.24) is 0 Å². The number of aryl methyl sites for hydroxylation is 1. The summed E-state index contributed by atoms with van der Waals surface area (Å²) in [4.78, 5) is 12.5. The van der Waals surface area contributed by atoms with Gasteiger partial charge in [0, 0.05) is 17.8 Å². The maximum atomic E-state index is 14.2. The molecule has 0 unspecified atom stereocenters. The van der Waals surface area contributed by atoms with Crippen LogP contribution in [0.1, 0.15) is 27.9 Å². The first-order chi connectivity index (χ1) is 10.2. The lowest BCUT2D eigenvalue weighted by atomic mass is 9.96. The molecule has 1 N–H and O–H groups in total. The van der Waals surface area contributed by atoms with Gasteiger partial charge in [-0.2, -0.15) is 0 Å². The number of ketones is 1. The molecular formula is C17H16FNO2. The zero-order valence-electron chi connectivity index (χ0n) is 11.8. The minimum atomic E-state index is -0.610. The molecule has 108 valence electrons. The van der Waals surface area contributed by atoms with Gasteiger partial charge in [0.25, 0.3) is 0 Å². The Morgan fingerprint density at radius 2 is 2.14 bits per heavy atom. The van der Waals surface area contributed by atoms with Crippen molar-refractivity contribution in [1.29, 1.82) is 0 Å². The summed E-state index contributed by atoms with van der Waals surface area (Å²) in [6, 6.07) is 10.1. The summed E-state index contributed by atoms with van der Waals surface area (Å²) in [5.41, 5.74) is 2.71. The number of methoxy groups -OCH3 is 1. The van der Waals surface area contributed by atoms with Gasteiger partial charge in [-0.25, -0.2) is 4.39 Å². The highest BCUT2D eigenvalue weighted by Gasteiger charge is 2.19. The Kier molecular flexibility index (Phi) is 3.60. The molecule has 1 heterocycles. The first-order valence-corrected chi connectivity index (χ1v) is 6.94. The Morgan fingerprint density at radius 3 is 2.95 bits per heavy atom. The summed E-state index contributed by atoms with van der Waals surface area (Å²) < 4.78 is 19.1. The molecule has 0 bridgehead atoms. The van der Waals surface area contributed by atoms with Crippen LogP contribution < -0.4 is 10.1 Å². The number of halogens is 1. The molecule has 3 nitrogen and oxygen atoms in total. The van der Waals surface area contributed by atoms with Crippen LogP contribution >= 0.6 is 0 Å². The maximum absolute atomic E-state index is 14.2. The minimum Gasteiger partial charge on any atom is -0.494 e. The van der Waals surface area contributed by atoms with Crippen LogP contribution in [0.3, 0.4) is 0 Å². The van der Waals surface area contributed by atoms with Crippen molar-refractivity contribution in [2.45, 2.75) is 12.8 Å². The van der Waals surface area contributed by atoms with Crippen LogP contribution in [0.4, 0.5) is 10.1 Å². The van der Waals surface area contributed by atoms with Crippen molar-refractivity contribution >= 4 is 11.5 Å². The van der Waals surface area contributed by atoms with Gasteiger partial charge in [-0.1, -0.05) is 6.07 Å². The lowest BCUT2D eigenvalue weighted by molar-refractivity contribution is 0.103. The van der Waals surface area contributed by atoms with E-state index >= 15 is 0 Å². The fourth-order valence-electron chi connectivity index (χ4n) is 2.62. The lowest BCUT2D eigenvalue weighted by Gasteiger charge is -2.18. The molecule has 1 aliphatic rings. The maximum Gasteiger partial charge on any atom is 0.196 e. The average molecular weight is 285 g/mol. The summed E-state index contributed by atoms with van der Waals surface area (Å²) in [6.45, 7) is 0.949. The zero-order valence-corrected chi connectivity index (χ0v) is 11.8. The van der Waals surface area contributed by atoms with Crippen molar-refractivity contribution in [3.8, 4) is 5.75 Å². The molecule has 0 atom stereocenters. The number of nitrogens with one attached hydrogen (secondary N) is 1. The molecule has 0 amide bonds. The Hall–Kier alpha value is -2.36. The van der Waals surface area contributed by atoms with Crippen LogP contribution in [0, 0.1) is 5.82 Å². The molecular weight excluding hydrogens is 269 g/mol. The second-order valence-electron chi connectivity index (χ2n) is 5.05. The largest absolute Gasteiger partial charge is 0.494 e. The third-order valence-electron chi connectivity index (χ3n) is 3.73. The second-order valence-corrected chi connectivity index (χ2v) is 5.05. The number of carbonyl (C=O) groups is 1. The van der Waals surface area contributed by atoms with Crippen LogP contribution in [-0.4, -0.2) is 19.4 Å². The van der Waals surface area contributed by atoms with Gasteiger partial charge in [-0.3, -0.25) is 4.79 Å². The van der Waals surface area contributed by atoms with E-state index < -0.39 is 5.82 Å². The van der Waals surface area contributed by atoms with E-state index in [4.69, 9.17) is 4.74 Å². The topological polar surface area (TPSA) is 38.3 Å². The van der Waals surface area contributed by atoms with E-state index in [2.05, 4.69) is 5.32 Å². The van der Waals surface area contributed by atoms with E-state index in [1.165, 1.54) is 19.2 Å². The Morgan fingerprint density at radius 1 is 1.29 bits per heavy atom. The number of rotatable bonds is 3. The SMILES string of the molecule is COc1cccc(C(=O)c2ccc3c(c2)CCCN3)c1F. The number of anilines is 1. The number of hydrogen-bond donors (Lipinski definition) is 1. The zero-order chi connectivity index (χ0) is 14.8. The predicted octanol–water partition coefficient (Wildman–Crippen LogP) is 3.42. The molecule has 4 heteroatoms. The van der Waals surface area contributed by atoms with E-state index in [1.54, 1.807) is 12.1 Å². The summed E-state index contributed by atoms with van der Waals surface area (Å²) in [6.07, 6.45) is 1.97. The molecule has 0 radical (unpaired) electrons. The molecule has 21 heavy (non-hydrogen) atoms. The molecule has 0 saturated carbocycles. The summed E-state index contributed by atoms with van der Waals surface area (Å²) >= 11 is 0. The minimum absolute atomic E-state index is 0.0399. The number of benzene rings is 2. The number of carbonyl (C=O) groups excluding carboxylic acids is 1. The molecule has 1 aliphatic heterocycles. The van der Waals surface area contributed by atoms with Crippen molar-refractivity contribution in [3.63, 3.8) is 0 Å². The Labute approximate surface area is 122 Å². The normalized spacial score (nSPS) is 13.2. The van der Waals surface area contributed by atoms with E-state index in [0.717, 1.165) is 30.6 Å². The number of fused-ring (bicyclic) bond motifs is 1. The number of hydrogen-bond acceptors (Lipinski definition) is 3. The van der Waals surface area contributed by atoms with Gasteiger partial charge in [-0.05, 0) is 48.7 Å². The Balaban J connectivity index is 1.99. The third-order valence-corrected chi connectivity index (χ3v) is 3.73. The van der Waals surface area contributed by atoms with Gasteiger partial charge < -0.3 is 10.1 Å². The number of ether oxygens (including phenoxy) is 1. The van der Waals surface area contributed by atoms with Crippen LogP contribution in [0.5, 0.6) is 5.75 Å². The van der Waals surface area contributed by atoms with Crippen LogP contribution in [0.2, 0.25) is 0 Å². The molecule has 0 saturated heterocycles. The Bertz CT molecular complexity index is 697. The van der Waals surface area contributed by atoms with Crippen molar-refractivity contribution in [3.05, 3.63) is 58.9 Å². The average Bonchev–Trinajstić information content (AvgIpc) is 2.54. The second kappa shape index (κ2) is 5.56. The third kappa shape index (κ3) is 2.49. The highest BCUT2D eigenvalue weighted by atomic mass is 19.1. The predicted molar refractivity (Wildman–Crippen MR) is 79.6 cm³/mol. The van der Waals surface area contributed by atoms with E-state index in [0.29, 0.717) is 5.56 Å². The highest BCUT2D eigenvalue weighted by Crippen LogP contribution is 2.26. The van der Waals surface area contributed by atoms with Gasteiger partial charge in [0.15, 0.2) is 17.3 Å². The molecule has 0 fully saturated rings. The first kappa shape index (κ1) is 13.6. The lowest BCUT2D eigenvalue weighted by Crippen LogP contribution is -2.13. The standard InChI is InChI=1S/C17H16FNO2/c1-21-15-6-2-5-13(16(15)18)17(20)12-7-8-14-11(10-12)4-3-9-19-14/h2,5-8,10,19H,3-4,9H2,1H3. The van der Waals surface area contributed by atoms with E-state index in [9.17, 15) is 9.18 Å². The molecule has 3 rings (SSSR count). The highest BCUT2D eigenvalue weighted by molar-refractivity contribution is 6.09. The van der Waals surface area contributed by atoms with Gasteiger partial charge >= 0.3 is 0 Å². The van der Waals surface area contributed by atoms with E-state index in [1.807, 2.05) is 12.1 Å². The van der Waals surface area contributed by atoms with Crippen molar-refractivity contribution in [2.75, 3.05) is 19.0 Å². The molecule has 0 aliphatic carbocycles. The quantitative estimate of drug-likeness (QED) is 0.878. The van der Waals surface area contributed by atoms with Gasteiger partial charge in [-0.15, -0.1) is 0 Å². The van der Waals surface area contributed by atoms with Crippen molar-refractivity contribution < 1.29 is 13.9 Å². The van der Waals surface area contributed by atoms with Gasteiger partial charge in [0.05, 0.1) is 12.7 Å². The molecule has 2 aromatic carbocycles. The van der Waals surface area contributed by atoms with Crippen LogP contribution in [0.25, 0.3) is 0 Å². The van der Waals surface area contributed by atoms with Crippen LogP contribution in [0.15, 0.2) is 36.4 Å². The summed E-state index contributed by atoms with van der Waals surface area (Å²) in [5.74, 6) is -0.846. The first-order valence-electron chi connectivity index (χ1n) is 6.94. The van der Waals surface area contributed by atoms with Crippen molar-refractivity contribution in [2.24, 2.45) is 0 Å². The summed E-state index contributed by atoms with van der Waals surface area (Å²) in [7, 11) is 1.39. The fourth-order valence-corrected chi connectivity index (χ4v) is 2.62. The molecule has 0 spiro atoms. The van der Waals surface area contributed by atoms with Gasteiger partial charge in [0.2, 0.25) is 0 Å². The van der Waals surface area contributed by atoms with E-state index in [-0.39, 0.29) is 17.1 Å². The monoisotopic (exact) mass is 285 g/mol. The summed E-state index contributed by atoms with van der Waals surface area (Å²) in [5, 5.41) is 3.29. The molecule has 0 aromatic heterocycles. The smallest absolute Gasteiger partial charge is 0.196 e. The fraction of sp³-hybridized carbons (Fsp3) is 0.235.